The number of unbranched alkanes of at least 4 members (excludes halogenated alkanes) is 1. The summed E-state index contributed by atoms with van der Waals surface area (Å²) >= 11 is 1.46. The third kappa shape index (κ3) is 4.67. The molecule has 6 heteroatoms. The van der Waals surface area contributed by atoms with Crippen molar-refractivity contribution in [2.75, 3.05) is 13.7 Å². The minimum absolute atomic E-state index is 0.0635. The van der Waals surface area contributed by atoms with Crippen molar-refractivity contribution in [2.45, 2.75) is 19.8 Å². The van der Waals surface area contributed by atoms with Gasteiger partial charge in [0.1, 0.15) is 22.4 Å². The highest BCUT2D eigenvalue weighted by atomic mass is 32.1. The zero-order chi connectivity index (χ0) is 17.4. The fourth-order valence-corrected chi connectivity index (χ4v) is 2.79. The Balaban J connectivity index is 2.16. The first-order valence-electron chi connectivity index (χ1n) is 7.68. The lowest BCUT2D eigenvalue weighted by Crippen LogP contribution is -2.25. The molecule has 1 aromatic heterocycles. The molecule has 1 heterocycles. The number of benzene rings is 1. The third-order valence-electron chi connectivity index (χ3n) is 3.31. The van der Waals surface area contributed by atoms with Crippen molar-refractivity contribution in [3.63, 3.8) is 0 Å². The summed E-state index contributed by atoms with van der Waals surface area (Å²) in [5.74, 6) is 0.398. The van der Waals surface area contributed by atoms with E-state index in [1.54, 1.807) is 7.11 Å². The van der Waals surface area contributed by atoms with Crippen LogP contribution in [-0.2, 0) is 4.79 Å². The molecule has 0 aliphatic rings. The minimum Gasteiger partial charge on any atom is -0.497 e. The van der Waals surface area contributed by atoms with Gasteiger partial charge in [0.15, 0.2) is 0 Å². The monoisotopic (exact) mass is 341 g/mol. The van der Waals surface area contributed by atoms with Gasteiger partial charge in [-0.2, -0.15) is 5.26 Å². The molecular formula is C18H19N3O2S. The Morgan fingerprint density at radius 1 is 1.50 bits per heavy atom. The summed E-state index contributed by atoms with van der Waals surface area (Å²) in [5.41, 5.74) is 1.60. The van der Waals surface area contributed by atoms with Crippen molar-refractivity contribution in [1.29, 1.82) is 5.26 Å². The number of hydrogen-bond donors (Lipinski definition) is 1. The minimum atomic E-state index is -0.359. The maximum atomic E-state index is 12.0. The van der Waals surface area contributed by atoms with Gasteiger partial charge in [-0.25, -0.2) is 4.98 Å². The van der Waals surface area contributed by atoms with Gasteiger partial charge in [0.25, 0.3) is 5.91 Å². The van der Waals surface area contributed by atoms with Gasteiger partial charge in [0, 0.05) is 17.5 Å². The van der Waals surface area contributed by atoms with Crippen molar-refractivity contribution in [1.82, 2.24) is 10.3 Å². The molecule has 0 unspecified atom stereocenters. The van der Waals surface area contributed by atoms with Gasteiger partial charge in [-0.05, 0) is 24.6 Å². The number of aromatic nitrogens is 1. The van der Waals surface area contributed by atoms with Crippen LogP contribution in [0.4, 0.5) is 0 Å². The smallest absolute Gasteiger partial charge is 0.262 e. The van der Waals surface area contributed by atoms with Gasteiger partial charge in [-0.1, -0.05) is 25.5 Å². The lowest BCUT2D eigenvalue weighted by atomic mass is 10.2. The number of ether oxygens (including phenoxy) is 1. The molecule has 1 aromatic carbocycles. The van der Waals surface area contributed by atoms with Crippen molar-refractivity contribution in [3.05, 3.63) is 40.9 Å². The van der Waals surface area contributed by atoms with Crippen LogP contribution in [0.3, 0.4) is 0 Å². The number of methoxy groups -OCH3 is 1. The predicted molar refractivity (Wildman–Crippen MR) is 95.6 cm³/mol. The summed E-state index contributed by atoms with van der Waals surface area (Å²) in [6.45, 7) is 2.61. The van der Waals surface area contributed by atoms with Crippen LogP contribution in [0.15, 0.2) is 35.2 Å². The van der Waals surface area contributed by atoms with E-state index in [-0.39, 0.29) is 11.5 Å². The molecule has 0 fully saturated rings. The van der Waals surface area contributed by atoms with Gasteiger partial charge in [0.2, 0.25) is 0 Å². The van der Waals surface area contributed by atoms with Crippen LogP contribution >= 0.6 is 11.3 Å². The summed E-state index contributed by atoms with van der Waals surface area (Å²) in [5, 5.41) is 14.6. The number of hydrogen-bond acceptors (Lipinski definition) is 5. The molecule has 124 valence electrons. The van der Waals surface area contributed by atoms with E-state index < -0.39 is 0 Å². The summed E-state index contributed by atoms with van der Waals surface area (Å²) in [6.07, 6.45) is 3.39. The molecule has 24 heavy (non-hydrogen) atoms. The Hall–Kier alpha value is -2.65. The standard InChI is InChI=1S/C18H19N3O2S/c1-3-4-8-20-17(22)14(11-19)9-15-12-24-18(21-15)13-6-5-7-16(10-13)23-2/h5-7,9-10,12H,3-4,8H2,1-2H3,(H,20,22)/b14-9-. The van der Waals surface area contributed by atoms with Crippen molar-refractivity contribution >= 4 is 23.3 Å². The number of nitrogens with one attached hydrogen (secondary N) is 1. The first kappa shape index (κ1) is 17.7. The highest BCUT2D eigenvalue weighted by molar-refractivity contribution is 7.13. The van der Waals surface area contributed by atoms with Crippen LogP contribution in [0.5, 0.6) is 5.75 Å². The zero-order valence-electron chi connectivity index (χ0n) is 13.7. The molecule has 2 rings (SSSR count). The van der Waals surface area contributed by atoms with E-state index in [9.17, 15) is 10.1 Å². The van der Waals surface area contributed by atoms with E-state index in [1.807, 2.05) is 42.6 Å². The zero-order valence-corrected chi connectivity index (χ0v) is 14.5. The summed E-state index contributed by atoms with van der Waals surface area (Å²) in [4.78, 5) is 16.4. The molecule has 0 aliphatic carbocycles. The largest absolute Gasteiger partial charge is 0.497 e. The number of thiazole rings is 1. The molecule has 1 N–H and O–H groups in total. The fourth-order valence-electron chi connectivity index (χ4n) is 2.01. The molecule has 5 nitrogen and oxygen atoms in total. The highest BCUT2D eigenvalue weighted by Gasteiger charge is 2.10. The Morgan fingerprint density at radius 2 is 2.33 bits per heavy atom. The van der Waals surface area contributed by atoms with Crippen LogP contribution < -0.4 is 10.1 Å². The van der Waals surface area contributed by atoms with Crippen LogP contribution in [0.1, 0.15) is 25.5 Å². The Morgan fingerprint density at radius 3 is 3.04 bits per heavy atom. The maximum Gasteiger partial charge on any atom is 0.262 e. The predicted octanol–water partition coefficient (Wildman–Crippen LogP) is 3.64. The van der Waals surface area contributed by atoms with Crippen LogP contribution in [0.25, 0.3) is 16.6 Å². The second-order valence-corrected chi connectivity index (χ2v) is 5.95. The van der Waals surface area contributed by atoms with E-state index in [0.717, 1.165) is 29.2 Å². The molecule has 1 amide bonds. The van der Waals surface area contributed by atoms with E-state index in [1.165, 1.54) is 17.4 Å². The number of nitriles is 1. The van der Waals surface area contributed by atoms with E-state index >= 15 is 0 Å². The van der Waals surface area contributed by atoms with Crippen LogP contribution in [0.2, 0.25) is 0 Å². The SMILES string of the molecule is CCCCNC(=O)/C(C#N)=C\c1csc(-c2cccc(OC)c2)n1. The number of nitrogens with zero attached hydrogens (tertiary/aromatic N) is 2. The van der Waals surface area contributed by atoms with E-state index in [0.29, 0.717) is 12.2 Å². The van der Waals surface area contributed by atoms with Gasteiger partial charge in [0.05, 0.1) is 12.8 Å². The van der Waals surface area contributed by atoms with Gasteiger partial charge in [-0.3, -0.25) is 4.79 Å². The molecule has 2 aromatic rings. The topological polar surface area (TPSA) is 75.0 Å². The van der Waals surface area contributed by atoms with Crippen molar-refractivity contribution < 1.29 is 9.53 Å². The average molecular weight is 341 g/mol. The van der Waals surface area contributed by atoms with Crippen LogP contribution in [-0.4, -0.2) is 24.5 Å². The number of carbonyl (C=O) groups is 1. The first-order valence-corrected chi connectivity index (χ1v) is 8.55. The summed E-state index contributed by atoms with van der Waals surface area (Å²) in [7, 11) is 1.62. The third-order valence-corrected chi connectivity index (χ3v) is 4.22. The second-order valence-electron chi connectivity index (χ2n) is 5.09. The van der Waals surface area contributed by atoms with E-state index in [4.69, 9.17) is 4.74 Å². The number of amides is 1. The second kappa shape index (κ2) is 8.85. The number of rotatable bonds is 7. The first-order chi connectivity index (χ1) is 11.7. The molecule has 0 atom stereocenters. The molecular weight excluding hydrogens is 322 g/mol. The van der Waals surface area contributed by atoms with Gasteiger partial charge < -0.3 is 10.1 Å². The van der Waals surface area contributed by atoms with Crippen molar-refractivity contribution in [3.8, 4) is 22.4 Å². The Labute approximate surface area is 145 Å². The average Bonchev–Trinajstić information content (AvgIpc) is 3.08. The number of carbonyl (C=O) groups excluding carboxylic acids is 1. The maximum absolute atomic E-state index is 12.0. The lowest BCUT2D eigenvalue weighted by molar-refractivity contribution is -0.117. The van der Waals surface area contributed by atoms with Gasteiger partial charge in [-0.15, -0.1) is 11.3 Å². The highest BCUT2D eigenvalue weighted by Crippen LogP contribution is 2.27. The molecule has 0 spiro atoms. The van der Waals surface area contributed by atoms with Crippen molar-refractivity contribution in [2.24, 2.45) is 0 Å². The molecule has 0 saturated carbocycles. The molecule has 0 bridgehead atoms. The fraction of sp³-hybridized carbons (Fsp3) is 0.278. The normalized spacial score (nSPS) is 11.0. The Kier molecular flexibility index (Phi) is 6.52. The van der Waals surface area contributed by atoms with Gasteiger partial charge >= 0.3 is 0 Å². The lowest BCUT2D eigenvalue weighted by Gasteiger charge is -2.02. The Bertz CT molecular complexity index is 775. The molecule has 0 saturated heterocycles. The quantitative estimate of drug-likeness (QED) is 0.474. The van der Waals surface area contributed by atoms with E-state index in [2.05, 4.69) is 10.3 Å². The molecule has 0 radical (unpaired) electrons. The van der Waals surface area contributed by atoms with Crippen LogP contribution in [0, 0.1) is 11.3 Å². The summed E-state index contributed by atoms with van der Waals surface area (Å²) in [6, 6.07) is 9.54. The molecule has 0 aliphatic heterocycles. The summed E-state index contributed by atoms with van der Waals surface area (Å²) < 4.78 is 5.21.